The van der Waals surface area contributed by atoms with Gasteiger partial charge in [-0.15, -0.1) is 12.3 Å². The molecule has 0 aromatic heterocycles. The number of hydrogen-bond donors (Lipinski definition) is 0. The van der Waals surface area contributed by atoms with Gasteiger partial charge in [-0.2, -0.15) is 0 Å². The molecule has 0 fully saturated rings. The first-order valence-electron chi connectivity index (χ1n) is 9.24. The van der Waals surface area contributed by atoms with Crippen LogP contribution in [0, 0.1) is 24.2 Å². The predicted molar refractivity (Wildman–Crippen MR) is 112 cm³/mol. The van der Waals surface area contributed by atoms with E-state index in [2.05, 4.69) is 87.5 Å². The van der Waals surface area contributed by atoms with Gasteiger partial charge in [-0.25, -0.2) is 0 Å². The molecule has 0 radical (unpaired) electrons. The Morgan fingerprint density at radius 1 is 0.875 bits per heavy atom. The highest BCUT2D eigenvalue weighted by Crippen LogP contribution is 2.40. The fourth-order valence-electron chi connectivity index (χ4n) is 1.97. The van der Waals surface area contributed by atoms with Crippen molar-refractivity contribution in [2.45, 2.75) is 97.8 Å². The zero-order valence-electron chi connectivity index (χ0n) is 18.3. The molecular weight excluding hydrogens is 328 g/mol. The summed E-state index contributed by atoms with van der Waals surface area (Å²) >= 11 is 0. The van der Waals surface area contributed by atoms with E-state index in [1.165, 1.54) is 0 Å². The Hall–Kier alpha value is -0.0862. The van der Waals surface area contributed by atoms with E-state index >= 15 is 0 Å². The molecule has 3 atom stereocenters. The molecule has 0 rings (SSSR count). The second kappa shape index (κ2) is 8.08. The largest absolute Gasteiger partial charge is 0.416 e. The maximum Gasteiger partial charge on any atom is 0.192 e. The zero-order valence-corrected chi connectivity index (χ0v) is 20.3. The lowest BCUT2D eigenvalue weighted by Crippen LogP contribution is -2.49. The second-order valence-electron chi connectivity index (χ2n) is 10.3. The first-order valence-corrected chi connectivity index (χ1v) is 15.1. The molecule has 0 unspecified atom stereocenters. The first kappa shape index (κ1) is 23.9. The van der Waals surface area contributed by atoms with Crippen LogP contribution in [0.15, 0.2) is 0 Å². The standard InChI is InChI=1S/C20H42O2Si2/c1-14-16(2)18(22-24(12,13)20(7,8)9)17(3)15-21-23(10,11)19(4,5)6/h1,16-18H,15H2,2-13H3/t16-,17+,18+/m0/s1. The molecule has 24 heavy (non-hydrogen) atoms. The second-order valence-corrected chi connectivity index (χ2v) is 19.9. The van der Waals surface area contributed by atoms with E-state index in [1.54, 1.807) is 0 Å². The van der Waals surface area contributed by atoms with Gasteiger partial charge in [-0.3, -0.25) is 0 Å². The highest BCUT2D eigenvalue weighted by atomic mass is 28.4. The quantitative estimate of drug-likeness (QED) is 0.386. The van der Waals surface area contributed by atoms with Gasteiger partial charge in [-0.1, -0.05) is 48.5 Å². The molecule has 0 spiro atoms. The molecule has 0 bridgehead atoms. The molecule has 0 aliphatic carbocycles. The molecular formula is C20H42O2Si2. The molecule has 0 aromatic rings. The Bertz CT molecular complexity index is 436. The highest BCUT2D eigenvalue weighted by Gasteiger charge is 2.42. The summed E-state index contributed by atoms with van der Waals surface area (Å²) in [5.41, 5.74) is 0. The van der Waals surface area contributed by atoms with Gasteiger partial charge in [0.1, 0.15) is 0 Å². The summed E-state index contributed by atoms with van der Waals surface area (Å²) in [4.78, 5) is 0. The normalized spacial score (nSPS) is 18.0. The Labute approximate surface area is 154 Å². The zero-order chi connectivity index (χ0) is 19.6. The molecule has 0 heterocycles. The topological polar surface area (TPSA) is 18.5 Å². The van der Waals surface area contributed by atoms with Gasteiger partial charge in [0.2, 0.25) is 0 Å². The number of terminal acetylenes is 1. The van der Waals surface area contributed by atoms with Gasteiger partial charge < -0.3 is 8.85 Å². The van der Waals surface area contributed by atoms with Crippen molar-refractivity contribution >= 4 is 16.6 Å². The smallest absolute Gasteiger partial charge is 0.192 e. The molecule has 0 amide bonds. The summed E-state index contributed by atoms with van der Waals surface area (Å²) in [6.45, 7) is 27.9. The van der Waals surface area contributed by atoms with E-state index in [9.17, 15) is 0 Å². The van der Waals surface area contributed by atoms with Crippen molar-refractivity contribution in [1.29, 1.82) is 0 Å². The van der Waals surface area contributed by atoms with Crippen molar-refractivity contribution in [3.63, 3.8) is 0 Å². The van der Waals surface area contributed by atoms with Gasteiger partial charge in [0, 0.05) is 18.4 Å². The molecule has 0 N–H and O–H groups in total. The van der Waals surface area contributed by atoms with Crippen LogP contribution < -0.4 is 0 Å². The van der Waals surface area contributed by atoms with Crippen LogP contribution in [0.25, 0.3) is 0 Å². The van der Waals surface area contributed by atoms with Crippen LogP contribution in [0.5, 0.6) is 0 Å². The van der Waals surface area contributed by atoms with Crippen LogP contribution in [0.2, 0.25) is 36.3 Å². The molecule has 2 nitrogen and oxygen atoms in total. The minimum absolute atomic E-state index is 0.0562. The van der Waals surface area contributed by atoms with E-state index in [0.29, 0.717) is 5.92 Å². The fourth-order valence-corrected chi connectivity index (χ4v) is 4.56. The molecule has 0 saturated heterocycles. The summed E-state index contributed by atoms with van der Waals surface area (Å²) < 4.78 is 13.1. The summed E-state index contributed by atoms with van der Waals surface area (Å²) in [7, 11) is -3.61. The summed E-state index contributed by atoms with van der Waals surface area (Å²) in [5, 5.41) is 0.403. The van der Waals surface area contributed by atoms with Gasteiger partial charge in [0.25, 0.3) is 0 Å². The van der Waals surface area contributed by atoms with E-state index in [0.717, 1.165) is 6.61 Å². The minimum atomic E-state index is -1.86. The molecule has 0 aliphatic heterocycles. The van der Waals surface area contributed by atoms with Crippen LogP contribution in [0.3, 0.4) is 0 Å². The lowest BCUT2D eigenvalue weighted by atomic mass is 9.95. The third-order valence-corrected chi connectivity index (χ3v) is 15.0. The van der Waals surface area contributed by atoms with Crippen molar-refractivity contribution in [1.82, 2.24) is 0 Å². The van der Waals surface area contributed by atoms with Crippen LogP contribution in [-0.4, -0.2) is 29.3 Å². The molecule has 0 saturated carbocycles. The average Bonchev–Trinajstić information content (AvgIpc) is 2.38. The molecule has 4 heteroatoms. The Kier molecular flexibility index (Phi) is 8.05. The maximum atomic E-state index is 6.70. The fraction of sp³-hybridized carbons (Fsp3) is 0.900. The van der Waals surface area contributed by atoms with Crippen molar-refractivity contribution in [3.8, 4) is 12.3 Å². The Balaban J connectivity index is 5.19. The van der Waals surface area contributed by atoms with Gasteiger partial charge in [0.05, 0.1) is 6.10 Å². The maximum absolute atomic E-state index is 6.70. The van der Waals surface area contributed by atoms with Gasteiger partial charge >= 0.3 is 0 Å². The summed E-state index contributed by atoms with van der Waals surface area (Å²) in [5.74, 6) is 3.29. The minimum Gasteiger partial charge on any atom is -0.416 e. The van der Waals surface area contributed by atoms with Crippen LogP contribution in [-0.2, 0) is 8.85 Å². The third-order valence-electron chi connectivity index (χ3n) is 6.07. The van der Waals surface area contributed by atoms with Crippen LogP contribution >= 0.6 is 0 Å². The van der Waals surface area contributed by atoms with Gasteiger partial charge in [0.15, 0.2) is 16.6 Å². The predicted octanol–water partition coefficient (Wildman–Crippen LogP) is 6.30. The third kappa shape index (κ3) is 6.33. The lowest BCUT2D eigenvalue weighted by Gasteiger charge is -2.43. The average molecular weight is 371 g/mol. The molecule has 0 aliphatic rings. The van der Waals surface area contributed by atoms with Crippen molar-refractivity contribution in [2.75, 3.05) is 6.61 Å². The highest BCUT2D eigenvalue weighted by molar-refractivity contribution is 6.74. The summed E-state index contributed by atoms with van der Waals surface area (Å²) in [6, 6.07) is 0. The summed E-state index contributed by atoms with van der Waals surface area (Å²) in [6.07, 6.45) is 5.80. The van der Waals surface area contributed by atoms with E-state index in [4.69, 9.17) is 15.3 Å². The van der Waals surface area contributed by atoms with Gasteiger partial charge in [-0.05, 0) is 43.2 Å². The SMILES string of the molecule is C#C[C@H](C)[C@@H](O[Si](C)(C)C(C)(C)C)[C@H](C)CO[Si](C)(C)C(C)(C)C. The lowest BCUT2D eigenvalue weighted by molar-refractivity contribution is 0.0653. The van der Waals surface area contributed by atoms with Crippen LogP contribution in [0.4, 0.5) is 0 Å². The Morgan fingerprint density at radius 3 is 1.62 bits per heavy atom. The van der Waals surface area contributed by atoms with Crippen molar-refractivity contribution in [3.05, 3.63) is 0 Å². The number of rotatable bonds is 7. The van der Waals surface area contributed by atoms with E-state index in [-0.39, 0.29) is 22.1 Å². The van der Waals surface area contributed by atoms with E-state index < -0.39 is 16.6 Å². The van der Waals surface area contributed by atoms with Crippen molar-refractivity contribution in [2.24, 2.45) is 11.8 Å². The Morgan fingerprint density at radius 2 is 1.29 bits per heavy atom. The number of hydrogen-bond acceptors (Lipinski definition) is 2. The molecule has 142 valence electrons. The van der Waals surface area contributed by atoms with Crippen molar-refractivity contribution < 1.29 is 8.85 Å². The first-order chi connectivity index (χ1) is 10.5. The monoisotopic (exact) mass is 370 g/mol. The molecule has 0 aromatic carbocycles. The van der Waals surface area contributed by atoms with Crippen LogP contribution in [0.1, 0.15) is 55.4 Å². The van der Waals surface area contributed by atoms with E-state index in [1.807, 2.05) is 0 Å².